The van der Waals surface area contributed by atoms with Crippen molar-refractivity contribution in [3.05, 3.63) is 0 Å². The van der Waals surface area contributed by atoms with E-state index in [0.717, 1.165) is 32.7 Å². The molecule has 5 nitrogen and oxygen atoms in total. The lowest BCUT2D eigenvalue weighted by Crippen LogP contribution is -2.57. The Morgan fingerprint density at radius 3 is 2.14 bits per heavy atom. The number of nitrogens with one attached hydrogen (secondary N) is 2. The van der Waals surface area contributed by atoms with E-state index in [0.29, 0.717) is 13.0 Å². The summed E-state index contributed by atoms with van der Waals surface area (Å²) in [5.74, 6) is 0.133. The van der Waals surface area contributed by atoms with E-state index >= 15 is 0 Å². The Hall–Kier alpha value is -0.650. The van der Waals surface area contributed by atoms with Crippen molar-refractivity contribution in [3.63, 3.8) is 0 Å². The molecular weight excluding hydrogens is 264 g/mol. The topological polar surface area (TPSA) is 47.6 Å². The molecule has 0 unspecified atom stereocenters. The molecule has 2 N–H and O–H groups in total. The van der Waals surface area contributed by atoms with Gasteiger partial charge in [-0.25, -0.2) is 0 Å². The fraction of sp³-hybridized carbons (Fsp3) is 0.938. The van der Waals surface area contributed by atoms with Crippen molar-refractivity contribution in [2.75, 3.05) is 46.3 Å². The van der Waals surface area contributed by atoms with Gasteiger partial charge in [0.05, 0.1) is 0 Å². The number of hydrogen-bond donors (Lipinski definition) is 2. The maximum Gasteiger partial charge on any atom is 0.221 e. The first-order valence-electron chi connectivity index (χ1n) is 8.05. The highest BCUT2D eigenvalue weighted by molar-refractivity contribution is 5.76. The van der Waals surface area contributed by atoms with Gasteiger partial charge in [-0.05, 0) is 41.7 Å². The highest BCUT2D eigenvalue weighted by Gasteiger charge is 2.29. The van der Waals surface area contributed by atoms with Gasteiger partial charge in [-0.1, -0.05) is 0 Å². The molecule has 21 heavy (non-hydrogen) atoms. The number of nitrogens with zero attached hydrogens (tertiary/aromatic N) is 2. The van der Waals surface area contributed by atoms with Gasteiger partial charge in [0.15, 0.2) is 0 Å². The molecule has 1 amide bonds. The van der Waals surface area contributed by atoms with Crippen molar-refractivity contribution in [1.29, 1.82) is 0 Å². The van der Waals surface area contributed by atoms with Crippen molar-refractivity contribution in [2.45, 2.75) is 52.1 Å². The van der Waals surface area contributed by atoms with Gasteiger partial charge in [0.2, 0.25) is 5.91 Å². The Morgan fingerprint density at radius 2 is 1.62 bits per heavy atom. The third kappa shape index (κ3) is 7.25. The van der Waals surface area contributed by atoms with E-state index < -0.39 is 0 Å². The third-order valence-corrected chi connectivity index (χ3v) is 4.08. The second-order valence-corrected chi connectivity index (χ2v) is 7.81. The van der Waals surface area contributed by atoms with Gasteiger partial charge in [-0.15, -0.1) is 0 Å². The smallest absolute Gasteiger partial charge is 0.221 e. The Bertz CT molecular complexity index is 328. The Kier molecular flexibility index (Phi) is 6.63. The lowest BCUT2D eigenvalue weighted by atomic mass is 10.0. The third-order valence-electron chi connectivity index (χ3n) is 4.08. The molecule has 0 aliphatic carbocycles. The lowest BCUT2D eigenvalue weighted by molar-refractivity contribution is -0.121. The summed E-state index contributed by atoms with van der Waals surface area (Å²) in [7, 11) is 2.16. The number of carbonyl (C=O) groups excluding carboxylic acids is 1. The summed E-state index contributed by atoms with van der Waals surface area (Å²) in [6.45, 7) is 16.6. The Labute approximate surface area is 130 Å². The van der Waals surface area contributed by atoms with Gasteiger partial charge >= 0.3 is 0 Å². The average molecular weight is 298 g/mol. The largest absolute Gasteiger partial charge is 0.354 e. The minimum absolute atomic E-state index is 0.0222. The van der Waals surface area contributed by atoms with E-state index in [4.69, 9.17) is 0 Å². The van der Waals surface area contributed by atoms with Crippen LogP contribution in [0.15, 0.2) is 0 Å². The van der Waals surface area contributed by atoms with Crippen LogP contribution in [0.5, 0.6) is 0 Å². The van der Waals surface area contributed by atoms with Crippen LogP contribution < -0.4 is 10.6 Å². The van der Waals surface area contributed by atoms with Crippen molar-refractivity contribution in [3.8, 4) is 0 Å². The quantitative estimate of drug-likeness (QED) is 0.765. The molecule has 1 rings (SSSR count). The molecule has 1 aliphatic heterocycles. The van der Waals surface area contributed by atoms with E-state index in [1.54, 1.807) is 0 Å². The first kappa shape index (κ1) is 18.4. The summed E-state index contributed by atoms with van der Waals surface area (Å²) in [5.41, 5.74) is 0.0910. The van der Waals surface area contributed by atoms with Crippen molar-refractivity contribution >= 4 is 5.91 Å². The summed E-state index contributed by atoms with van der Waals surface area (Å²) < 4.78 is 0. The zero-order chi connectivity index (χ0) is 16.1. The summed E-state index contributed by atoms with van der Waals surface area (Å²) in [4.78, 5) is 16.8. The van der Waals surface area contributed by atoms with E-state index in [-0.39, 0.29) is 17.0 Å². The lowest BCUT2D eigenvalue weighted by Gasteiger charge is -2.43. The fourth-order valence-electron chi connectivity index (χ4n) is 2.48. The Balaban J connectivity index is 2.27. The molecular formula is C16H34N4O. The molecule has 1 saturated heterocycles. The standard InChI is InChI=1S/C16H34N4O/c1-15(2,3)18-8-7-14(21)17-13-16(4,5)20-11-9-19(6)10-12-20/h18H,7-13H2,1-6H3,(H,17,21). The van der Waals surface area contributed by atoms with Crippen LogP contribution in [0.4, 0.5) is 0 Å². The Morgan fingerprint density at radius 1 is 1.05 bits per heavy atom. The fourth-order valence-corrected chi connectivity index (χ4v) is 2.48. The van der Waals surface area contributed by atoms with Crippen LogP contribution in [0.25, 0.3) is 0 Å². The predicted octanol–water partition coefficient (Wildman–Crippen LogP) is 0.907. The van der Waals surface area contributed by atoms with Gasteiger partial charge in [0, 0.05) is 56.8 Å². The minimum atomic E-state index is 0.0222. The van der Waals surface area contributed by atoms with Gasteiger partial charge in [-0.3, -0.25) is 9.69 Å². The number of rotatable bonds is 6. The van der Waals surface area contributed by atoms with Crippen molar-refractivity contribution < 1.29 is 4.79 Å². The molecule has 1 aliphatic rings. The second-order valence-electron chi connectivity index (χ2n) is 7.81. The molecule has 0 saturated carbocycles. The monoisotopic (exact) mass is 298 g/mol. The number of amides is 1. The van der Waals surface area contributed by atoms with Crippen LogP contribution in [0.1, 0.15) is 41.0 Å². The maximum atomic E-state index is 11.9. The molecule has 0 aromatic carbocycles. The summed E-state index contributed by atoms with van der Waals surface area (Å²) in [5, 5.41) is 6.42. The van der Waals surface area contributed by atoms with Crippen LogP contribution in [0, 0.1) is 0 Å². The zero-order valence-electron chi connectivity index (χ0n) is 14.8. The number of carbonyl (C=O) groups is 1. The van der Waals surface area contributed by atoms with Gasteiger partial charge in [0.25, 0.3) is 0 Å². The van der Waals surface area contributed by atoms with Gasteiger partial charge < -0.3 is 15.5 Å². The summed E-state index contributed by atoms with van der Waals surface area (Å²) >= 11 is 0. The second kappa shape index (κ2) is 7.56. The summed E-state index contributed by atoms with van der Waals surface area (Å²) in [6, 6.07) is 0. The van der Waals surface area contributed by atoms with E-state index in [1.165, 1.54) is 0 Å². The van der Waals surface area contributed by atoms with E-state index in [9.17, 15) is 4.79 Å². The normalized spacial score (nSPS) is 18.8. The molecule has 1 fully saturated rings. The summed E-state index contributed by atoms with van der Waals surface area (Å²) in [6.07, 6.45) is 0.538. The first-order chi connectivity index (χ1) is 9.60. The predicted molar refractivity (Wildman–Crippen MR) is 88.5 cm³/mol. The SMILES string of the molecule is CN1CCN(C(C)(C)CNC(=O)CCNC(C)(C)C)CC1. The maximum absolute atomic E-state index is 11.9. The van der Waals surface area contributed by atoms with E-state index in [2.05, 4.69) is 62.1 Å². The molecule has 124 valence electrons. The molecule has 0 aromatic rings. The number of likely N-dealkylation sites (N-methyl/N-ethyl adjacent to an activating group) is 1. The van der Waals surface area contributed by atoms with Crippen LogP contribution in [0.2, 0.25) is 0 Å². The molecule has 1 heterocycles. The van der Waals surface area contributed by atoms with E-state index in [1.807, 2.05) is 0 Å². The van der Waals surface area contributed by atoms with Crippen LogP contribution in [-0.4, -0.2) is 73.1 Å². The van der Waals surface area contributed by atoms with Crippen molar-refractivity contribution in [2.24, 2.45) is 0 Å². The average Bonchev–Trinajstić information content (AvgIpc) is 2.35. The highest BCUT2D eigenvalue weighted by atomic mass is 16.1. The van der Waals surface area contributed by atoms with Crippen molar-refractivity contribution in [1.82, 2.24) is 20.4 Å². The van der Waals surface area contributed by atoms with Crippen LogP contribution >= 0.6 is 0 Å². The minimum Gasteiger partial charge on any atom is -0.354 e. The number of hydrogen-bond acceptors (Lipinski definition) is 4. The van der Waals surface area contributed by atoms with Gasteiger partial charge in [-0.2, -0.15) is 0 Å². The molecule has 0 bridgehead atoms. The molecule has 5 heteroatoms. The number of piperazine rings is 1. The first-order valence-corrected chi connectivity index (χ1v) is 8.05. The molecule has 0 aromatic heterocycles. The highest BCUT2D eigenvalue weighted by Crippen LogP contribution is 2.15. The van der Waals surface area contributed by atoms with Gasteiger partial charge in [0.1, 0.15) is 0 Å². The molecule has 0 spiro atoms. The molecule has 0 radical (unpaired) electrons. The van der Waals surface area contributed by atoms with Crippen LogP contribution in [-0.2, 0) is 4.79 Å². The van der Waals surface area contributed by atoms with Crippen LogP contribution in [0.3, 0.4) is 0 Å². The zero-order valence-corrected chi connectivity index (χ0v) is 14.8. The molecule has 0 atom stereocenters.